The number of carbonyl (C=O) groups is 1. The Labute approximate surface area is 176 Å². The maximum Gasteiger partial charge on any atom is 0.270 e. The number of hydrogen-bond acceptors (Lipinski definition) is 3. The summed E-state index contributed by atoms with van der Waals surface area (Å²) in [6, 6.07) is 13.9. The average Bonchev–Trinajstić information content (AvgIpc) is 2.72. The van der Waals surface area contributed by atoms with Crippen molar-refractivity contribution in [3.8, 4) is 11.3 Å². The van der Waals surface area contributed by atoms with Gasteiger partial charge in [-0.3, -0.25) is 9.59 Å². The summed E-state index contributed by atoms with van der Waals surface area (Å²) in [5, 5.41) is 7.58. The van der Waals surface area contributed by atoms with Gasteiger partial charge in [0.25, 0.3) is 5.56 Å². The molecule has 0 unspecified atom stereocenters. The van der Waals surface area contributed by atoms with E-state index in [2.05, 4.69) is 37.4 Å². The minimum absolute atomic E-state index is 0.0993. The number of rotatable bonds is 4. The van der Waals surface area contributed by atoms with Gasteiger partial charge in [0, 0.05) is 16.8 Å². The van der Waals surface area contributed by atoms with Crippen molar-refractivity contribution in [1.29, 1.82) is 0 Å². The van der Waals surface area contributed by atoms with E-state index in [0.717, 1.165) is 70.4 Å². The highest BCUT2D eigenvalue weighted by Gasteiger charge is 2.23. The maximum atomic E-state index is 13.1. The van der Waals surface area contributed by atoms with Crippen LogP contribution in [-0.2, 0) is 24.2 Å². The van der Waals surface area contributed by atoms with Crippen molar-refractivity contribution in [3.05, 3.63) is 80.6 Å². The Bertz CT molecular complexity index is 1180. The zero-order valence-electron chi connectivity index (χ0n) is 17.8. The Morgan fingerprint density at radius 1 is 1.00 bits per heavy atom. The molecular weight excluding hydrogens is 374 g/mol. The molecule has 30 heavy (non-hydrogen) atoms. The summed E-state index contributed by atoms with van der Waals surface area (Å²) in [6.45, 7) is 5.99. The maximum absolute atomic E-state index is 13.1. The van der Waals surface area contributed by atoms with Gasteiger partial charge in [-0.25, -0.2) is 4.68 Å². The zero-order valence-corrected chi connectivity index (χ0v) is 17.8. The minimum Gasteiger partial charge on any atom is -0.324 e. The van der Waals surface area contributed by atoms with Crippen LogP contribution in [0.1, 0.15) is 40.7 Å². The Kier molecular flexibility index (Phi) is 5.53. The summed E-state index contributed by atoms with van der Waals surface area (Å²) in [4.78, 5) is 25.8. The number of benzene rings is 2. The molecule has 3 aromatic rings. The second-order valence-corrected chi connectivity index (χ2v) is 8.21. The van der Waals surface area contributed by atoms with E-state index in [0.29, 0.717) is 0 Å². The first-order valence-corrected chi connectivity index (χ1v) is 10.5. The molecule has 4 rings (SSSR count). The smallest absolute Gasteiger partial charge is 0.270 e. The van der Waals surface area contributed by atoms with Crippen LogP contribution >= 0.6 is 0 Å². The molecule has 154 valence electrons. The van der Waals surface area contributed by atoms with E-state index >= 15 is 0 Å². The number of aryl methyl sites for hydroxylation is 3. The predicted molar refractivity (Wildman–Crippen MR) is 120 cm³/mol. The van der Waals surface area contributed by atoms with Crippen LogP contribution in [0, 0.1) is 20.8 Å². The quantitative estimate of drug-likeness (QED) is 0.707. The Hall–Kier alpha value is -3.21. The van der Waals surface area contributed by atoms with Gasteiger partial charge in [0.1, 0.15) is 6.54 Å². The van der Waals surface area contributed by atoms with Crippen molar-refractivity contribution >= 4 is 11.6 Å². The van der Waals surface area contributed by atoms with E-state index in [9.17, 15) is 9.59 Å². The van der Waals surface area contributed by atoms with Crippen LogP contribution in [0.15, 0.2) is 47.3 Å². The predicted octanol–water partition coefficient (Wildman–Crippen LogP) is 4.35. The third-order valence-corrected chi connectivity index (χ3v) is 5.71. The summed E-state index contributed by atoms with van der Waals surface area (Å²) >= 11 is 0. The van der Waals surface area contributed by atoms with Gasteiger partial charge < -0.3 is 5.32 Å². The molecule has 0 saturated heterocycles. The normalized spacial score (nSPS) is 13.0. The molecule has 1 aliphatic rings. The van der Waals surface area contributed by atoms with Crippen molar-refractivity contribution < 1.29 is 4.79 Å². The molecule has 0 saturated carbocycles. The summed E-state index contributed by atoms with van der Waals surface area (Å²) < 4.78 is 1.34. The lowest BCUT2D eigenvalue weighted by Gasteiger charge is -2.21. The summed E-state index contributed by atoms with van der Waals surface area (Å²) in [7, 11) is 0. The number of nitrogens with zero attached hydrogens (tertiary/aromatic N) is 2. The fourth-order valence-corrected chi connectivity index (χ4v) is 4.16. The highest BCUT2D eigenvalue weighted by atomic mass is 16.2. The number of anilines is 1. The second kappa shape index (κ2) is 8.27. The second-order valence-electron chi connectivity index (χ2n) is 8.21. The molecule has 1 heterocycles. The number of fused-ring (bicyclic) bond motifs is 1. The monoisotopic (exact) mass is 401 g/mol. The van der Waals surface area contributed by atoms with Gasteiger partial charge in [0.05, 0.1) is 5.69 Å². The van der Waals surface area contributed by atoms with Gasteiger partial charge in [0.2, 0.25) is 5.91 Å². The van der Waals surface area contributed by atoms with Crippen LogP contribution in [0.4, 0.5) is 5.69 Å². The molecule has 0 atom stereocenters. The van der Waals surface area contributed by atoms with E-state index in [4.69, 9.17) is 5.10 Å². The Morgan fingerprint density at radius 2 is 1.73 bits per heavy atom. The fraction of sp³-hybridized carbons (Fsp3) is 0.320. The highest BCUT2D eigenvalue weighted by molar-refractivity contribution is 5.90. The van der Waals surface area contributed by atoms with Gasteiger partial charge >= 0.3 is 0 Å². The average molecular weight is 402 g/mol. The van der Waals surface area contributed by atoms with Crippen molar-refractivity contribution in [2.75, 3.05) is 5.32 Å². The SMILES string of the molecule is Cc1cccc(NC(=O)Cn2nc(-c3cc(C)ccc3C)c3c(c2=O)CCCC3)c1. The molecule has 2 aromatic carbocycles. The van der Waals surface area contributed by atoms with Crippen molar-refractivity contribution in [1.82, 2.24) is 9.78 Å². The first kappa shape index (κ1) is 20.1. The summed E-state index contributed by atoms with van der Waals surface area (Å²) in [5.74, 6) is -0.252. The zero-order chi connectivity index (χ0) is 21.3. The molecule has 1 amide bonds. The molecule has 0 aliphatic heterocycles. The van der Waals surface area contributed by atoms with Crippen LogP contribution in [0.3, 0.4) is 0 Å². The molecule has 5 heteroatoms. The lowest BCUT2D eigenvalue weighted by molar-refractivity contribution is -0.117. The fourth-order valence-electron chi connectivity index (χ4n) is 4.16. The third kappa shape index (κ3) is 4.06. The molecule has 0 radical (unpaired) electrons. The third-order valence-electron chi connectivity index (χ3n) is 5.71. The van der Waals surface area contributed by atoms with E-state index in [1.165, 1.54) is 4.68 Å². The first-order valence-electron chi connectivity index (χ1n) is 10.5. The molecule has 0 bridgehead atoms. The number of hydrogen-bond donors (Lipinski definition) is 1. The lowest BCUT2D eigenvalue weighted by Crippen LogP contribution is -2.34. The van der Waals surface area contributed by atoms with Crippen LogP contribution < -0.4 is 10.9 Å². The van der Waals surface area contributed by atoms with Gasteiger partial charge in [0.15, 0.2) is 0 Å². The van der Waals surface area contributed by atoms with Gasteiger partial charge in [-0.1, -0.05) is 29.8 Å². The molecule has 0 fully saturated rings. The van der Waals surface area contributed by atoms with Gasteiger partial charge in [-0.05, 0) is 81.3 Å². The van der Waals surface area contributed by atoms with Crippen LogP contribution in [-0.4, -0.2) is 15.7 Å². The standard InChI is InChI=1S/C25H27N3O2/c1-16-7-6-8-19(13-16)26-23(29)15-28-25(30)21-10-5-4-9-20(21)24(27-28)22-14-17(2)11-12-18(22)3/h6-8,11-14H,4-5,9-10,15H2,1-3H3,(H,26,29). The van der Waals surface area contributed by atoms with Gasteiger partial charge in [-0.2, -0.15) is 5.10 Å². The molecular formula is C25H27N3O2. The van der Waals surface area contributed by atoms with E-state index in [-0.39, 0.29) is 18.0 Å². The Morgan fingerprint density at radius 3 is 2.50 bits per heavy atom. The van der Waals surface area contributed by atoms with Crippen LogP contribution in [0.5, 0.6) is 0 Å². The number of amides is 1. The molecule has 1 N–H and O–H groups in total. The number of nitrogens with one attached hydrogen (secondary N) is 1. The number of carbonyl (C=O) groups excluding carboxylic acids is 1. The van der Waals surface area contributed by atoms with E-state index in [1.807, 2.05) is 31.2 Å². The van der Waals surface area contributed by atoms with Crippen molar-refractivity contribution in [2.45, 2.75) is 53.0 Å². The van der Waals surface area contributed by atoms with E-state index in [1.54, 1.807) is 0 Å². The first-order chi connectivity index (χ1) is 14.4. The summed E-state index contributed by atoms with van der Waals surface area (Å²) in [5.41, 5.74) is 7.67. The summed E-state index contributed by atoms with van der Waals surface area (Å²) in [6.07, 6.45) is 3.66. The van der Waals surface area contributed by atoms with Crippen LogP contribution in [0.25, 0.3) is 11.3 Å². The molecule has 5 nitrogen and oxygen atoms in total. The topological polar surface area (TPSA) is 64.0 Å². The van der Waals surface area contributed by atoms with Gasteiger partial charge in [-0.15, -0.1) is 0 Å². The van der Waals surface area contributed by atoms with E-state index < -0.39 is 0 Å². The Balaban J connectivity index is 1.74. The number of aromatic nitrogens is 2. The molecule has 1 aliphatic carbocycles. The minimum atomic E-state index is -0.252. The van der Waals surface area contributed by atoms with Crippen molar-refractivity contribution in [3.63, 3.8) is 0 Å². The van der Waals surface area contributed by atoms with Crippen molar-refractivity contribution in [2.24, 2.45) is 0 Å². The molecule has 1 aromatic heterocycles. The lowest BCUT2D eigenvalue weighted by atomic mass is 9.88. The highest BCUT2D eigenvalue weighted by Crippen LogP contribution is 2.30. The largest absolute Gasteiger partial charge is 0.324 e. The molecule has 0 spiro atoms. The van der Waals surface area contributed by atoms with Crippen LogP contribution in [0.2, 0.25) is 0 Å².